The number of aliphatic hydroxyl groups excluding tert-OH is 6. The fraction of sp³-hybridized carbons (Fsp3) is 0.944. The van der Waals surface area contributed by atoms with Gasteiger partial charge in [0.25, 0.3) is 5.79 Å². The molecule has 3 fully saturated rings. The monoisotopic (exact) mass is 815 g/mol. The zero-order valence-corrected chi connectivity index (χ0v) is 34.7. The minimum Gasteiger partial charge on any atom is -0.477 e. The second-order valence-corrected chi connectivity index (χ2v) is 18.3. The van der Waals surface area contributed by atoms with Crippen LogP contribution in [0.3, 0.4) is 0 Å². The van der Waals surface area contributed by atoms with Gasteiger partial charge in [0.15, 0.2) is 12.1 Å². The number of ether oxygens (including phenoxy) is 5. The molecule has 3 heterocycles. The van der Waals surface area contributed by atoms with E-state index >= 15 is 0 Å². The first kappa shape index (κ1) is 48.7. The van der Waals surface area contributed by atoms with E-state index in [0.717, 1.165) is 62.3 Å². The van der Waals surface area contributed by atoms with Crippen LogP contribution >= 0.6 is 0 Å². The van der Waals surface area contributed by atoms with Crippen LogP contribution in [-0.2, 0) is 33.3 Å². The first-order valence-corrected chi connectivity index (χ1v) is 18.2. The minimum absolute atomic E-state index is 0.767. The van der Waals surface area contributed by atoms with Gasteiger partial charge < -0.3 is 90.3 Å². The number of carboxylic acids is 1. The van der Waals surface area contributed by atoms with Crippen LogP contribution in [0, 0.1) is 5.41 Å². The molecule has 0 aromatic carbocycles. The number of amides is 1. The van der Waals surface area contributed by atoms with E-state index in [1.165, 1.54) is 34.6 Å². The van der Waals surface area contributed by atoms with E-state index in [4.69, 9.17) is 23.7 Å². The summed E-state index contributed by atoms with van der Waals surface area (Å²) < 4.78 is 30.6. The molecular formula is C36H65NO19. The third-order valence-electron chi connectivity index (χ3n) is 14.6. The maximum Gasteiger partial charge on any atom is 0.365 e. The predicted octanol–water partition coefficient (Wildman–Crippen LogP) is -3.30. The van der Waals surface area contributed by atoms with Gasteiger partial charge in [0, 0.05) is 6.92 Å². The molecular weight excluding hydrogens is 750 g/mol. The lowest BCUT2D eigenvalue weighted by Crippen LogP contribution is -2.89. The molecule has 0 bridgehead atoms. The molecule has 3 saturated heterocycles. The molecule has 3 rings (SSSR count). The SMILES string of the molecule is CC(=O)N[C@@]1(C)C(C)(C(O)C(O)CO)O[C@@](OCC2(C)O[C@@](C)(O[C@]3(C)C(C)(CO)O[C@@H](O)C(C)(O)[C@]3(C)O)C(C)(O)[C@](C)(O)[C@H]2O)(C(=O)O)C(C)(C)[C@@]1(C)O. The van der Waals surface area contributed by atoms with Crippen LogP contribution in [0.15, 0.2) is 0 Å². The average molecular weight is 816 g/mol. The third kappa shape index (κ3) is 5.86. The summed E-state index contributed by atoms with van der Waals surface area (Å²) in [4.78, 5) is 26.2. The lowest BCUT2D eigenvalue weighted by molar-refractivity contribution is -0.500. The highest BCUT2D eigenvalue weighted by atomic mass is 16.8. The molecule has 16 atom stereocenters. The molecule has 0 saturated carbocycles. The summed E-state index contributed by atoms with van der Waals surface area (Å²) in [5.41, 5.74) is -26.7. The molecule has 56 heavy (non-hydrogen) atoms. The van der Waals surface area contributed by atoms with Gasteiger partial charge in [-0.25, -0.2) is 4.79 Å². The van der Waals surface area contributed by atoms with Crippen LogP contribution < -0.4 is 5.32 Å². The Bertz CT molecular complexity index is 1530. The summed E-state index contributed by atoms with van der Waals surface area (Å²) in [5.74, 6) is -8.48. The highest BCUT2D eigenvalue weighted by molar-refractivity contribution is 5.79. The molecule has 3 aliphatic heterocycles. The van der Waals surface area contributed by atoms with Gasteiger partial charge in [0.2, 0.25) is 5.91 Å². The van der Waals surface area contributed by atoms with Crippen molar-refractivity contribution in [2.75, 3.05) is 19.8 Å². The van der Waals surface area contributed by atoms with Gasteiger partial charge in [-0.15, -0.1) is 0 Å². The molecule has 20 heteroatoms. The van der Waals surface area contributed by atoms with Gasteiger partial charge in [-0.1, -0.05) is 13.8 Å². The van der Waals surface area contributed by atoms with E-state index in [-0.39, 0.29) is 0 Å². The highest BCUT2D eigenvalue weighted by Crippen LogP contribution is 2.61. The van der Waals surface area contributed by atoms with Crippen LogP contribution in [0.4, 0.5) is 0 Å². The molecule has 0 aliphatic carbocycles. The molecule has 328 valence electrons. The second-order valence-electron chi connectivity index (χ2n) is 18.3. The van der Waals surface area contributed by atoms with E-state index in [1.54, 1.807) is 0 Å². The van der Waals surface area contributed by atoms with Gasteiger partial charge in [0.1, 0.15) is 63.1 Å². The largest absolute Gasteiger partial charge is 0.477 e. The van der Waals surface area contributed by atoms with Crippen molar-refractivity contribution in [2.24, 2.45) is 5.41 Å². The number of aliphatic carboxylic acids is 1. The van der Waals surface area contributed by atoms with Crippen molar-refractivity contribution in [1.29, 1.82) is 0 Å². The van der Waals surface area contributed by atoms with Gasteiger partial charge in [-0.2, -0.15) is 0 Å². The lowest BCUT2D eigenvalue weighted by atomic mass is 9.52. The standard InChI is InChI=1S/C36H65NO19/c1-18(40)37-30(9)29(8,20(42)19(41)15-38)55-36(22(44)45,24(2,3)31(30,10)49)52-17-25(4)21(43)27(6,47)33(12,51)35(14,54-25)56-34(13)26(5,16-39)53-23(46)28(7,48)32(34,11)50/h19-21,23,38-39,41-43,46-51H,15-17H2,1-14H3,(H,37,40)(H,44,45)/t19?,20?,21-,23+,25?,26?,27+,28?,29?,30-,31+,32-,33?,34+,35-,36-/m0/s1. The van der Waals surface area contributed by atoms with Crippen LogP contribution in [-0.4, -0.2) is 185 Å². The fourth-order valence-corrected chi connectivity index (χ4v) is 8.85. The number of carboxylic acid groups (broad SMARTS) is 1. The topological polar surface area (TPSA) is 335 Å². The van der Waals surface area contributed by atoms with Gasteiger partial charge >= 0.3 is 5.97 Å². The minimum atomic E-state index is -3.12. The molecule has 0 radical (unpaired) electrons. The fourth-order valence-electron chi connectivity index (χ4n) is 8.85. The van der Waals surface area contributed by atoms with Crippen molar-refractivity contribution in [3.63, 3.8) is 0 Å². The third-order valence-corrected chi connectivity index (χ3v) is 14.6. The van der Waals surface area contributed by atoms with Gasteiger partial charge in [-0.05, 0) is 76.2 Å². The normalized spacial score (nSPS) is 53.2. The second kappa shape index (κ2) is 13.7. The number of hydrogen-bond donors (Lipinski definition) is 13. The van der Waals surface area contributed by atoms with E-state index in [0.29, 0.717) is 0 Å². The predicted molar refractivity (Wildman–Crippen MR) is 190 cm³/mol. The molecule has 3 aliphatic rings. The van der Waals surface area contributed by atoms with Crippen molar-refractivity contribution in [2.45, 2.75) is 189 Å². The average Bonchev–Trinajstić information content (AvgIpc) is 3.05. The number of carbonyl (C=O) groups is 2. The number of nitrogens with one attached hydrogen (secondary N) is 1. The summed E-state index contributed by atoms with van der Waals surface area (Å²) >= 11 is 0. The smallest absolute Gasteiger partial charge is 0.365 e. The first-order chi connectivity index (χ1) is 24.7. The Morgan fingerprint density at radius 3 is 1.70 bits per heavy atom. The van der Waals surface area contributed by atoms with E-state index < -0.39 is 129 Å². The van der Waals surface area contributed by atoms with Crippen molar-refractivity contribution in [3.05, 3.63) is 0 Å². The Hall–Kier alpha value is -1.70. The highest BCUT2D eigenvalue weighted by Gasteiger charge is 2.81. The van der Waals surface area contributed by atoms with Crippen molar-refractivity contribution < 1.29 is 94.6 Å². The Morgan fingerprint density at radius 2 is 1.27 bits per heavy atom. The Kier molecular flexibility index (Phi) is 11.9. The summed E-state index contributed by atoms with van der Waals surface area (Å²) in [5, 5.41) is 138. The van der Waals surface area contributed by atoms with Crippen molar-refractivity contribution in [3.8, 4) is 0 Å². The Labute approximate surface area is 325 Å². The molecule has 1 amide bonds. The number of hydrogen-bond acceptors (Lipinski definition) is 18. The number of carbonyl (C=O) groups excluding carboxylic acids is 1. The van der Waals surface area contributed by atoms with E-state index in [1.807, 2.05) is 0 Å². The summed E-state index contributed by atoms with van der Waals surface area (Å²) in [6, 6.07) is 0. The zero-order valence-electron chi connectivity index (χ0n) is 34.7. The molecule has 7 unspecified atom stereocenters. The molecule has 0 aromatic rings. The van der Waals surface area contributed by atoms with Crippen LogP contribution in [0.5, 0.6) is 0 Å². The van der Waals surface area contributed by atoms with Crippen LogP contribution in [0.25, 0.3) is 0 Å². The summed E-state index contributed by atoms with van der Waals surface area (Å²) in [6.07, 6.45) is -8.55. The van der Waals surface area contributed by atoms with Crippen LogP contribution in [0.2, 0.25) is 0 Å². The Balaban J connectivity index is 2.30. The van der Waals surface area contributed by atoms with E-state index in [2.05, 4.69) is 5.32 Å². The van der Waals surface area contributed by atoms with Crippen molar-refractivity contribution >= 4 is 11.9 Å². The molecule has 0 aromatic heterocycles. The molecule has 20 nitrogen and oxygen atoms in total. The van der Waals surface area contributed by atoms with E-state index in [9.17, 15) is 70.9 Å². The first-order valence-electron chi connectivity index (χ1n) is 18.2. The summed E-state index contributed by atoms with van der Waals surface area (Å²) in [7, 11) is 0. The quantitative estimate of drug-likeness (QED) is 0.0972. The van der Waals surface area contributed by atoms with Crippen LogP contribution in [0.1, 0.15) is 96.9 Å². The van der Waals surface area contributed by atoms with Gasteiger partial charge in [-0.3, -0.25) is 4.79 Å². The molecule has 0 spiro atoms. The lowest BCUT2D eigenvalue weighted by Gasteiger charge is -2.69. The maximum atomic E-state index is 13.6. The van der Waals surface area contributed by atoms with Gasteiger partial charge in [0.05, 0.1) is 36.4 Å². The van der Waals surface area contributed by atoms with Crippen molar-refractivity contribution in [1.82, 2.24) is 5.32 Å². The molecule has 13 N–H and O–H groups in total. The number of aliphatic hydroxyl groups is 11. The maximum absolute atomic E-state index is 13.6. The summed E-state index contributed by atoms with van der Waals surface area (Å²) in [6.45, 7) is 12.4. The number of rotatable bonds is 11. The Morgan fingerprint density at radius 1 is 0.768 bits per heavy atom. The zero-order chi connectivity index (χ0) is 44.3.